The lowest BCUT2D eigenvalue weighted by atomic mass is 9.95. The average Bonchev–Trinajstić information content (AvgIpc) is 3.49. The van der Waals surface area contributed by atoms with Crippen molar-refractivity contribution in [2.24, 2.45) is 4.99 Å². The molecule has 4 nitrogen and oxygen atoms in total. The summed E-state index contributed by atoms with van der Waals surface area (Å²) in [6, 6.07) is 10.5. The van der Waals surface area contributed by atoms with Gasteiger partial charge in [0.15, 0.2) is 0 Å². The number of aromatic amines is 1. The Morgan fingerprint density at radius 1 is 0.970 bits per heavy atom. The number of amidine groups is 1. The van der Waals surface area contributed by atoms with Crippen LogP contribution in [0.3, 0.4) is 0 Å². The summed E-state index contributed by atoms with van der Waals surface area (Å²) in [5.41, 5.74) is 3.97. The van der Waals surface area contributed by atoms with Gasteiger partial charge in [-0.25, -0.2) is 4.98 Å². The molecule has 2 aromatic carbocycles. The van der Waals surface area contributed by atoms with Crippen LogP contribution in [0.15, 0.2) is 53.8 Å². The number of halogens is 4. The fourth-order valence-electron chi connectivity index (χ4n) is 3.82. The number of H-pyrrole nitrogens is 1. The summed E-state index contributed by atoms with van der Waals surface area (Å²) in [6.07, 6.45) is 2.68. The lowest BCUT2D eigenvalue weighted by Gasteiger charge is -2.12. The van der Waals surface area contributed by atoms with Crippen LogP contribution in [0.5, 0.6) is 0 Å². The molecule has 1 aliphatic heterocycles. The summed E-state index contributed by atoms with van der Waals surface area (Å²) in [4.78, 5) is 11.6. The van der Waals surface area contributed by atoms with E-state index in [4.69, 9.17) is 11.6 Å². The van der Waals surface area contributed by atoms with Crippen LogP contribution < -0.4 is 5.32 Å². The van der Waals surface area contributed by atoms with Crippen LogP contribution in [-0.4, -0.2) is 28.9 Å². The van der Waals surface area contributed by atoms with Crippen molar-refractivity contribution in [1.82, 2.24) is 15.3 Å². The predicted molar refractivity (Wildman–Crippen MR) is 127 cm³/mol. The van der Waals surface area contributed by atoms with Gasteiger partial charge in [0.2, 0.25) is 0 Å². The van der Waals surface area contributed by atoms with Crippen molar-refractivity contribution < 1.29 is 13.2 Å². The van der Waals surface area contributed by atoms with Crippen LogP contribution >= 0.6 is 11.6 Å². The largest absolute Gasteiger partial charge is 0.417 e. The number of hydrogen-bond donors (Lipinski definition) is 2. The molecule has 0 bridgehead atoms. The van der Waals surface area contributed by atoms with Crippen molar-refractivity contribution in [1.29, 1.82) is 0 Å². The van der Waals surface area contributed by atoms with E-state index in [0.29, 0.717) is 24.4 Å². The molecule has 0 saturated carbocycles. The third-order valence-corrected chi connectivity index (χ3v) is 5.96. The Bertz CT molecular complexity index is 1050. The van der Waals surface area contributed by atoms with Gasteiger partial charge in [-0.05, 0) is 41.2 Å². The molecule has 8 heteroatoms. The lowest BCUT2D eigenvalue weighted by Crippen LogP contribution is -2.21. The van der Waals surface area contributed by atoms with E-state index in [1.165, 1.54) is 22.8 Å². The fourth-order valence-corrected chi connectivity index (χ4v) is 4.12. The second-order valence-corrected chi connectivity index (χ2v) is 8.06. The minimum absolute atomic E-state index is 0.239. The van der Waals surface area contributed by atoms with Crippen molar-refractivity contribution >= 4 is 17.4 Å². The molecule has 0 amide bonds. The fraction of sp³-hybridized carbons (Fsp3) is 0.360. The second kappa shape index (κ2) is 11.4. The number of nitrogens with zero attached hydrogens (tertiary/aromatic N) is 2. The maximum absolute atomic E-state index is 12.6. The molecule has 0 radical (unpaired) electrons. The van der Waals surface area contributed by atoms with Gasteiger partial charge in [0.05, 0.1) is 17.1 Å². The number of aliphatic imine (C=N–C) groups is 1. The van der Waals surface area contributed by atoms with E-state index in [-0.39, 0.29) is 5.02 Å². The zero-order chi connectivity index (χ0) is 23.8. The van der Waals surface area contributed by atoms with E-state index in [9.17, 15) is 13.2 Å². The first-order valence-corrected chi connectivity index (χ1v) is 11.4. The predicted octanol–water partition coefficient (Wildman–Crippen LogP) is 6.03. The molecule has 0 saturated heterocycles. The monoisotopic (exact) mass is 476 g/mol. The van der Waals surface area contributed by atoms with Crippen molar-refractivity contribution in [2.45, 2.75) is 45.7 Å². The highest BCUT2D eigenvalue weighted by molar-refractivity contribution is 6.32. The maximum atomic E-state index is 12.6. The van der Waals surface area contributed by atoms with Crippen LogP contribution in [0.4, 0.5) is 13.2 Å². The second-order valence-electron chi connectivity index (χ2n) is 7.68. The average molecular weight is 477 g/mol. The third-order valence-electron chi connectivity index (χ3n) is 5.52. The molecule has 0 spiro atoms. The molecule has 3 aromatic rings. The molecular formula is C25H28ClF3N4. The Balaban J connectivity index is 0.000000186. The molecule has 176 valence electrons. The Morgan fingerprint density at radius 2 is 1.64 bits per heavy atom. The van der Waals surface area contributed by atoms with Crippen molar-refractivity contribution in [3.8, 4) is 0 Å². The minimum Gasteiger partial charge on any atom is -0.372 e. The summed E-state index contributed by atoms with van der Waals surface area (Å²) in [6.45, 7) is 5.80. The van der Waals surface area contributed by atoms with Gasteiger partial charge < -0.3 is 10.3 Å². The number of nitrogens with one attached hydrogen (secondary N) is 2. The van der Waals surface area contributed by atoms with Gasteiger partial charge in [-0.3, -0.25) is 4.99 Å². The Morgan fingerprint density at radius 3 is 2.18 bits per heavy atom. The smallest absolute Gasteiger partial charge is 0.372 e. The molecule has 0 aliphatic carbocycles. The highest BCUT2D eigenvalue weighted by Crippen LogP contribution is 2.36. The zero-order valence-corrected chi connectivity index (χ0v) is 19.5. The molecule has 33 heavy (non-hydrogen) atoms. The number of alkyl halides is 3. The van der Waals surface area contributed by atoms with Gasteiger partial charge in [-0.15, -0.1) is 0 Å². The highest BCUT2D eigenvalue weighted by atomic mass is 35.5. The summed E-state index contributed by atoms with van der Waals surface area (Å²) in [5.74, 6) is 1.74. The van der Waals surface area contributed by atoms with E-state index in [0.717, 1.165) is 37.7 Å². The van der Waals surface area contributed by atoms with Crippen LogP contribution in [0.1, 0.15) is 47.5 Å². The number of aryl methyl sites for hydroxylation is 2. The first-order valence-electron chi connectivity index (χ1n) is 11.0. The van der Waals surface area contributed by atoms with E-state index in [1.807, 2.05) is 12.4 Å². The van der Waals surface area contributed by atoms with Crippen LogP contribution in [0.2, 0.25) is 5.02 Å². The number of benzene rings is 2. The minimum atomic E-state index is -4.42. The summed E-state index contributed by atoms with van der Waals surface area (Å²) in [5, 5.41) is 2.76. The van der Waals surface area contributed by atoms with Gasteiger partial charge in [-0.2, -0.15) is 13.2 Å². The van der Waals surface area contributed by atoms with Gasteiger partial charge >= 0.3 is 6.18 Å². The summed E-state index contributed by atoms with van der Waals surface area (Å²) < 4.78 is 37.8. The summed E-state index contributed by atoms with van der Waals surface area (Å²) in [7, 11) is 0. The Hall–Kier alpha value is -2.80. The standard InChI is InChI=1S/C14H18N2.C11H10ClF3N2/c1-3-11-6-5-7-12(4-2)13(11)10-14-15-8-9-16-14;12-10-7(6-9-16-4-5-17-9)2-1-3-8(10)11(13,14)15/h5-9H,3-4,10H2,1-2H3,(H,15,16);1-3H,4-6H2,(H,16,17). The molecule has 1 aromatic heterocycles. The third kappa shape index (κ3) is 6.60. The van der Waals surface area contributed by atoms with E-state index in [1.54, 1.807) is 6.07 Å². The van der Waals surface area contributed by atoms with Crippen LogP contribution in [0.25, 0.3) is 0 Å². The zero-order valence-electron chi connectivity index (χ0n) is 18.8. The topological polar surface area (TPSA) is 53.1 Å². The first-order chi connectivity index (χ1) is 15.8. The quantitative estimate of drug-likeness (QED) is 0.456. The number of rotatable bonds is 6. The van der Waals surface area contributed by atoms with E-state index >= 15 is 0 Å². The van der Waals surface area contributed by atoms with Crippen molar-refractivity contribution in [3.05, 3.63) is 87.5 Å². The summed E-state index contributed by atoms with van der Waals surface area (Å²) >= 11 is 5.77. The lowest BCUT2D eigenvalue weighted by molar-refractivity contribution is -0.137. The molecule has 2 N–H and O–H groups in total. The first kappa shape index (κ1) is 24.8. The van der Waals surface area contributed by atoms with E-state index < -0.39 is 11.7 Å². The highest BCUT2D eigenvalue weighted by Gasteiger charge is 2.33. The van der Waals surface area contributed by atoms with Crippen LogP contribution in [0, 0.1) is 0 Å². The SMILES string of the molecule is CCc1cccc(CC)c1Cc1ncc[nH]1.FC(F)(F)c1cccc(CC2=NCCN2)c1Cl. The van der Waals surface area contributed by atoms with Gasteiger partial charge in [0.1, 0.15) is 11.7 Å². The van der Waals surface area contributed by atoms with E-state index in [2.05, 4.69) is 52.3 Å². The molecule has 4 rings (SSSR count). The van der Waals surface area contributed by atoms with Crippen LogP contribution in [-0.2, 0) is 31.9 Å². The van der Waals surface area contributed by atoms with Gasteiger partial charge in [-0.1, -0.05) is 55.8 Å². The molecule has 0 atom stereocenters. The molecule has 0 fully saturated rings. The normalized spacial score (nSPS) is 13.2. The van der Waals surface area contributed by atoms with Gasteiger partial charge in [0.25, 0.3) is 0 Å². The Labute approximate surface area is 197 Å². The van der Waals surface area contributed by atoms with Crippen molar-refractivity contribution in [3.63, 3.8) is 0 Å². The number of imidazole rings is 1. The number of aromatic nitrogens is 2. The maximum Gasteiger partial charge on any atom is 0.417 e. The number of hydrogen-bond acceptors (Lipinski definition) is 3. The Kier molecular flexibility index (Phi) is 8.55. The van der Waals surface area contributed by atoms with Gasteiger partial charge in [0, 0.05) is 31.8 Å². The molecular weight excluding hydrogens is 449 g/mol. The molecule has 1 aliphatic rings. The van der Waals surface area contributed by atoms with Crippen molar-refractivity contribution in [2.75, 3.05) is 13.1 Å². The molecule has 0 unspecified atom stereocenters. The molecule has 2 heterocycles.